The molecule has 0 aliphatic carbocycles. The minimum atomic E-state index is 0. The van der Waals surface area contributed by atoms with Gasteiger partial charge in [-0.1, -0.05) is 203 Å². The fourth-order valence-corrected chi connectivity index (χ4v) is 15.5. The van der Waals surface area contributed by atoms with Crippen molar-refractivity contribution in [1.29, 1.82) is 0 Å². The third kappa shape index (κ3) is 22.4. The van der Waals surface area contributed by atoms with Gasteiger partial charge in [0.25, 0.3) is 0 Å². The Morgan fingerprint density at radius 3 is 0.872 bits per heavy atom. The number of aryl methyl sites for hydroxylation is 8. The number of nitrogens with zero attached hydrogens (tertiary/aromatic N) is 12. The molecule has 1 radical (unpaired) electrons. The van der Waals surface area contributed by atoms with Gasteiger partial charge in [0.2, 0.25) is 0 Å². The van der Waals surface area contributed by atoms with Gasteiger partial charge < -0.3 is 39.2 Å². The molecule has 0 amide bonds. The molecule has 0 unspecified atom stereocenters. The van der Waals surface area contributed by atoms with E-state index in [9.17, 15) is 0 Å². The van der Waals surface area contributed by atoms with Crippen LogP contribution < -0.4 is 29.4 Å². The maximum atomic E-state index is 4.37. The van der Waals surface area contributed by atoms with Crippen LogP contribution in [0.4, 0.5) is 45.5 Å². The van der Waals surface area contributed by atoms with Gasteiger partial charge in [-0.15, -0.1) is 69.8 Å². The third-order valence-electron chi connectivity index (χ3n) is 21.4. The van der Waals surface area contributed by atoms with E-state index in [2.05, 4.69) is 386 Å². The first-order valence-corrected chi connectivity index (χ1v) is 41.0. The summed E-state index contributed by atoms with van der Waals surface area (Å²) >= 11 is 0. The molecule has 4 aliphatic heterocycles. The molecule has 14 aromatic carbocycles. The van der Waals surface area contributed by atoms with Crippen LogP contribution >= 0.6 is 0 Å². The van der Waals surface area contributed by atoms with Crippen LogP contribution in [0.25, 0.3) is 78.1 Å². The van der Waals surface area contributed by atoms with Crippen LogP contribution in [0, 0.1) is 118 Å². The zero-order chi connectivity index (χ0) is 84.6. The van der Waals surface area contributed by atoms with Crippen molar-refractivity contribution in [2.75, 3.05) is 57.6 Å². The number of rotatable bonds is 12. The molecule has 0 fully saturated rings. The Bertz CT molecular complexity index is 5900. The number of hydrogen-bond donors (Lipinski definition) is 0. The summed E-state index contributed by atoms with van der Waals surface area (Å²) in [6, 6.07) is 133. The molecule has 0 N–H and O–H groups in total. The number of fused-ring (bicyclic) bond motifs is 2. The van der Waals surface area contributed by atoms with Gasteiger partial charge in [-0.05, 0) is 190 Å². The number of anilines is 8. The third-order valence-corrected chi connectivity index (χ3v) is 21.4. The topological polar surface area (TPSA) is 61.6 Å². The second-order valence-electron chi connectivity index (χ2n) is 30.6. The van der Waals surface area contributed by atoms with E-state index in [1.165, 1.54) is 112 Å². The summed E-state index contributed by atoms with van der Waals surface area (Å²) in [5, 5.41) is 8.73. The first-order valence-electron chi connectivity index (χ1n) is 41.0. The fraction of sp³-hybridized carbons (Fsp3) is 0.109. The summed E-state index contributed by atoms with van der Waals surface area (Å²) < 4.78 is 3.80. The van der Waals surface area contributed by atoms with Gasteiger partial charge >= 0.3 is 39.0 Å². The Balaban J connectivity index is 0.000000139. The zero-order valence-corrected chi connectivity index (χ0v) is 77.1. The largest absolute Gasteiger partial charge is 3.00 e. The molecule has 20 rings (SSSR count). The molecular formula is C110H98N12Rh3-4. The molecule has 12 nitrogen and oxygen atoms in total. The van der Waals surface area contributed by atoms with Crippen LogP contribution in [0.2, 0.25) is 0 Å². The normalized spacial score (nSPS) is 12.4. The average molecular weight is 1900 g/mol. The summed E-state index contributed by atoms with van der Waals surface area (Å²) in [4.78, 5) is 16.8. The van der Waals surface area contributed by atoms with Crippen LogP contribution in [-0.4, -0.2) is 57.6 Å². The Kier molecular flexibility index (Phi) is 31.5. The van der Waals surface area contributed by atoms with E-state index in [0.717, 1.165) is 56.9 Å². The molecule has 6 heterocycles. The van der Waals surface area contributed by atoms with Crippen LogP contribution in [0.15, 0.2) is 352 Å². The van der Waals surface area contributed by atoms with E-state index in [1.54, 1.807) is 0 Å². The first-order chi connectivity index (χ1) is 59.4. The molecular weight excluding hydrogens is 1800 g/mol. The van der Waals surface area contributed by atoms with Crippen molar-refractivity contribution in [1.82, 2.24) is 29.4 Å². The smallest absolute Gasteiger partial charge is 0.510 e. The van der Waals surface area contributed by atoms with Gasteiger partial charge in [-0.25, -0.2) is 0 Å². The predicted octanol–water partition coefficient (Wildman–Crippen LogP) is 25.9. The van der Waals surface area contributed by atoms with E-state index < -0.39 is 0 Å². The minimum Gasteiger partial charge on any atom is -0.510 e. The van der Waals surface area contributed by atoms with Crippen molar-refractivity contribution in [3.63, 3.8) is 0 Å². The van der Waals surface area contributed by atoms with Gasteiger partial charge in [0, 0.05) is 53.6 Å². The number of aromatic nitrogens is 4. The van der Waals surface area contributed by atoms with E-state index in [4.69, 9.17) is 0 Å². The van der Waals surface area contributed by atoms with Crippen LogP contribution in [-0.2, 0) is 58.4 Å². The van der Waals surface area contributed by atoms with E-state index >= 15 is 0 Å². The van der Waals surface area contributed by atoms with Gasteiger partial charge in [0.15, 0.2) is 0 Å². The average Bonchev–Trinajstić information content (AvgIpc) is 1.78. The fourth-order valence-electron chi connectivity index (χ4n) is 15.5. The van der Waals surface area contributed by atoms with Crippen molar-refractivity contribution in [3.8, 4) is 78.1 Å². The Hall–Kier alpha value is -12.7. The van der Waals surface area contributed by atoms with Crippen LogP contribution in [0.5, 0.6) is 0 Å². The summed E-state index contributed by atoms with van der Waals surface area (Å²) in [6.45, 7) is 25.1. The van der Waals surface area contributed by atoms with Crippen molar-refractivity contribution in [2.24, 2.45) is 0 Å². The maximum absolute atomic E-state index is 4.37. The van der Waals surface area contributed by atoms with Crippen molar-refractivity contribution >= 4 is 45.5 Å². The Morgan fingerprint density at radius 2 is 0.552 bits per heavy atom. The molecule has 16 aromatic rings. The Morgan fingerprint density at radius 1 is 0.256 bits per heavy atom. The first kappa shape index (κ1) is 91.5. The maximum Gasteiger partial charge on any atom is 3.00 e. The molecule has 15 heteroatoms. The standard InChI is InChI=1S/C26H20N2.2C24H22N2.C14H12N2.2C11H11N2.3Rh/c1-27-19-28(26-10-6-5-9-25(26)27)24-17-15-23(16-18-24)22-13-11-21(12-14-22)20-7-3-2-4-8-20;2*1-18-15-22(20-7-5-4-6-8-20)16-19(2)24(18)21-9-11-23(12-10-21)26-14-13-25(3)17-26;1-15-11-16(12-7-3-2-4-8-12)14-10-6-5-9-13(14)15;2*1-9-8-10(2)13(12-9)11-6-4-3-5-7-11;;;/h2-17,19H,1H3;2*4-11,13-17H,1-3H3;2-7,9-11H,1H3;2*3-6,8H,1-2H3;;;/q4*-2;2*-1;;2*+3. The molecule has 629 valence electrons. The quantitative estimate of drug-likeness (QED) is 0.0873. The Labute approximate surface area is 778 Å². The summed E-state index contributed by atoms with van der Waals surface area (Å²) in [7, 11) is 8.17. The summed E-state index contributed by atoms with van der Waals surface area (Å²) in [5.41, 5.74) is 35.4. The second kappa shape index (κ2) is 43.0. The monoisotopic (exact) mass is 1900 g/mol. The zero-order valence-electron chi connectivity index (χ0n) is 72.2. The van der Waals surface area contributed by atoms with Gasteiger partial charge in [0.1, 0.15) is 0 Å². The van der Waals surface area contributed by atoms with Crippen molar-refractivity contribution < 1.29 is 58.4 Å². The van der Waals surface area contributed by atoms with Crippen LogP contribution in [0.3, 0.4) is 0 Å². The van der Waals surface area contributed by atoms with Crippen molar-refractivity contribution in [2.45, 2.75) is 55.4 Å². The second-order valence-corrected chi connectivity index (χ2v) is 30.6. The SMILES string of the molecule is CN1[CH-]N(c2[c-]cc(-c3ccc(-c4ccccc4)cc3)cc2)c2ccccc21.CN1[CH-]N(c2[c-]cccc2)c2ccccc21.Cc1cc(-c2ccccc2)cc(C)c1-c1c[c-]c(N2C=CN(C)[CH-]2)cc1.Cc1cc(-c2ccccc2)cc(C)c1-c1c[c-]c(N2C=CN(C)[CH-]2)cc1.Cc1cc(C)n(-c2[c-]cccc2)n1.Cc1cc(C)n(-c2[c-]cccc2)n1.[Rh+3].[Rh+3].[Rh]. The van der Waals surface area contributed by atoms with Crippen LogP contribution in [0.1, 0.15) is 45.0 Å². The molecule has 0 spiro atoms. The van der Waals surface area contributed by atoms with Gasteiger partial charge in [-0.3, -0.25) is 9.36 Å². The van der Waals surface area contributed by atoms with E-state index in [-0.39, 0.29) is 58.4 Å². The molecule has 0 atom stereocenters. The van der Waals surface area contributed by atoms with Gasteiger partial charge in [-0.2, -0.15) is 170 Å². The predicted molar refractivity (Wildman–Crippen MR) is 506 cm³/mol. The molecule has 4 aliphatic rings. The number of benzene rings is 14. The van der Waals surface area contributed by atoms with Crippen molar-refractivity contribution in [3.05, 3.63) is 460 Å². The summed E-state index contributed by atoms with van der Waals surface area (Å²) in [6.07, 6.45) is 8.13. The number of para-hydroxylation sites is 7. The molecule has 0 bridgehead atoms. The van der Waals surface area contributed by atoms with E-state index in [0.29, 0.717) is 0 Å². The number of hydrogen-bond acceptors (Lipinski definition) is 10. The molecule has 125 heavy (non-hydrogen) atoms. The molecule has 0 saturated heterocycles. The molecule has 2 aromatic heterocycles. The van der Waals surface area contributed by atoms with Gasteiger partial charge in [0.05, 0.1) is 11.4 Å². The minimum absolute atomic E-state index is 0. The van der Waals surface area contributed by atoms with E-state index in [1.807, 2.05) is 172 Å². The summed E-state index contributed by atoms with van der Waals surface area (Å²) in [5.74, 6) is 0. The molecule has 0 saturated carbocycles.